The van der Waals surface area contributed by atoms with E-state index in [-0.39, 0.29) is 12.2 Å². The summed E-state index contributed by atoms with van der Waals surface area (Å²) in [5.74, 6) is 0.357. The number of halogens is 1. The molecule has 0 aliphatic heterocycles. The number of carbonyl (C=O) groups is 1. The standard InChI is InChI=1S/C5H5BrN2O2/c1-3(9)2-4-7-8-5(6)10-4/h2H2,1H3. The molecule has 1 aromatic heterocycles. The van der Waals surface area contributed by atoms with E-state index in [1.807, 2.05) is 0 Å². The topological polar surface area (TPSA) is 56.0 Å². The van der Waals surface area contributed by atoms with Crippen molar-refractivity contribution in [2.24, 2.45) is 0 Å². The molecule has 0 aliphatic rings. The highest BCUT2D eigenvalue weighted by Gasteiger charge is 2.04. The van der Waals surface area contributed by atoms with Gasteiger partial charge >= 0.3 is 0 Å². The fourth-order valence-electron chi connectivity index (χ4n) is 0.518. The molecule has 0 amide bonds. The van der Waals surface area contributed by atoms with Crippen molar-refractivity contribution in [3.63, 3.8) is 0 Å². The van der Waals surface area contributed by atoms with Crippen LogP contribution in [0.5, 0.6) is 0 Å². The Labute approximate surface area is 65.8 Å². The molecule has 0 saturated heterocycles. The van der Waals surface area contributed by atoms with Crippen LogP contribution in [-0.2, 0) is 11.2 Å². The normalized spacial score (nSPS) is 9.80. The van der Waals surface area contributed by atoms with Gasteiger partial charge in [0.2, 0.25) is 5.89 Å². The summed E-state index contributed by atoms with van der Waals surface area (Å²) in [6, 6.07) is 0. The van der Waals surface area contributed by atoms with Crippen molar-refractivity contribution in [3.05, 3.63) is 10.7 Å². The molecule has 0 aromatic carbocycles. The number of ketones is 1. The molecular weight excluding hydrogens is 200 g/mol. The molecule has 0 unspecified atom stereocenters. The monoisotopic (exact) mass is 204 g/mol. The molecule has 0 N–H and O–H groups in total. The summed E-state index contributed by atoms with van der Waals surface area (Å²) in [5.41, 5.74) is 0. The Bertz CT molecular complexity index is 246. The number of hydrogen-bond donors (Lipinski definition) is 0. The molecular formula is C5H5BrN2O2. The molecule has 1 heterocycles. The highest BCUT2D eigenvalue weighted by atomic mass is 79.9. The molecule has 10 heavy (non-hydrogen) atoms. The Morgan fingerprint density at radius 3 is 2.80 bits per heavy atom. The molecule has 5 heteroatoms. The molecule has 0 fully saturated rings. The predicted molar refractivity (Wildman–Crippen MR) is 36.4 cm³/mol. The van der Waals surface area contributed by atoms with Gasteiger partial charge in [0.25, 0.3) is 4.80 Å². The molecule has 0 bridgehead atoms. The Kier molecular flexibility index (Phi) is 2.16. The van der Waals surface area contributed by atoms with Gasteiger partial charge in [-0.2, -0.15) is 0 Å². The summed E-state index contributed by atoms with van der Waals surface area (Å²) in [7, 11) is 0. The molecule has 1 aromatic rings. The van der Waals surface area contributed by atoms with Gasteiger partial charge in [-0.3, -0.25) is 4.79 Å². The summed E-state index contributed by atoms with van der Waals surface area (Å²) in [6.45, 7) is 1.47. The first-order valence-electron chi connectivity index (χ1n) is 2.66. The third-order valence-corrected chi connectivity index (χ3v) is 1.16. The van der Waals surface area contributed by atoms with Crippen LogP contribution in [0.4, 0.5) is 0 Å². The van der Waals surface area contributed by atoms with E-state index in [0.29, 0.717) is 10.7 Å². The van der Waals surface area contributed by atoms with E-state index >= 15 is 0 Å². The smallest absolute Gasteiger partial charge is 0.284 e. The van der Waals surface area contributed by atoms with E-state index in [1.165, 1.54) is 6.92 Å². The van der Waals surface area contributed by atoms with Crippen LogP contribution in [0.1, 0.15) is 12.8 Å². The minimum atomic E-state index is 0.0103. The minimum Gasteiger partial charge on any atom is -0.415 e. The summed E-state index contributed by atoms with van der Waals surface area (Å²) in [4.78, 5) is 10.8. The van der Waals surface area contributed by atoms with Crippen LogP contribution in [-0.4, -0.2) is 16.0 Å². The fraction of sp³-hybridized carbons (Fsp3) is 0.400. The van der Waals surface area contributed by atoms with Gasteiger partial charge in [0.05, 0.1) is 6.42 Å². The average Bonchev–Trinajstić information content (AvgIpc) is 2.13. The van der Waals surface area contributed by atoms with E-state index in [4.69, 9.17) is 4.42 Å². The lowest BCUT2D eigenvalue weighted by atomic mass is 10.3. The van der Waals surface area contributed by atoms with E-state index in [0.717, 1.165) is 0 Å². The minimum absolute atomic E-state index is 0.0103. The van der Waals surface area contributed by atoms with Crippen LogP contribution in [0.15, 0.2) is 9.22 Å². The van der Waals surface area contributed by atoms with E-state index < -0.39 is 0 Å². The largest absolute Gasteiger partial charge is 0.415 e. The van der Waals surface area contributed by atoms with Crippen LogP contribution in [0, 0.1) is 0 Å². The van der Waals surface area contributed by atoms with Crippen molar-refractivity contribution >= 4 is 21.7 Å². The number of Topliss-reactive ketones (excluding diaryl/α,β-unsaturated/α-hetero) is 1. The van der Waals surface area contributed by atoms with Gasteiger partial charge in [0, 0.05) is 15.9 Å². The predicted octanol–water partition coefficient (Wildman–Crippen LogP) is 0.964. The van der Waals surface area contributed by atoms with Gasteiger partial charge in [-0.1, -0.05) is 0 Å². The SMILES string of the molecule is CC(=O)Cc1nnc(Br)o1. The van der Waals surface area contributed by atoms with Crippen LogP contribution >= 0.6 is 15.9 Å². The Balaban J connectivity index is 2.67. The zero-order valence-electron chi connectivity index (χ0n) is 5.30. The second kappa shape index (κ2) is 2.92. The lowest BCUT2D eigenvalue weighted by molar-refractivity contribution is -0.116. The highest BCUT2D eigenvalue weighted by molar-refractivity contribution is 9.10. The van der Waals surface area contributed by atoms with Crippen LogP contribution < -0.4 is 0 Å². The molecule has 0 aliphatic carbocycles. The number of aromatic nitrogens is 2. The number of carbonyl (C=O) groups excluding carboxylic acids is 1. The zero-order valence-corrected chi connectivity index (χ0v) is 6.88. The van der Waals surface area contributed by atoms with E-state index in [9.17, 15) is 4.79 Å². The van der Waals surface area contributed by atoms with Gasteiger partial charge in [-0.15, -0.1) is 10.2 Å². The van der Waals surface area contributed by atoms with E-state index in [2.05, 4.69) is 26.1 Å². The lowest BCUT2D eigenvalue weighted by Gasteiger charge is -1.83. The summed E-state index contributed by atoms with van der Waals surface area (Å²) in [5, 5.41) is 7.09. The Morgan fingerprint density at radius 1 is 1.70 bits per heavy atom. The van der Waals surface area contributed by atoms with Gasteiger partial charge < -0.3 is 4.42 Å². The van der Waals surface area contributed by atoms with Crippen molar-refractivity contribution in [1.29, 1.82) is 0 Å². The quantitative estimate of drug-likeness (QED) is 0.721. The first-order chi connectivity index (χ1) is 4.68. The molecule has 0 radical (unpaired) electrons. The maximum Gasteiger partial charge on any atom is 0.284 e. The van der Waals surface area contributed by atoms with Crippen molar-refractivity contribution in [2.75, 3.05) is 0 Å². The van der Waals surface area contributed by atoms with Crippen LogP contribution in [0.2, 0.25) is 0 Å². The number of rotatable bonds is 2. The zero-order chi connectivity index (χ0) is 7.56. The molecule has 4 nitrogen and oxygen atoms in total. The molecule has 1 rings (SSSR count). The molecule has 0 atom stereocenters. The van der Waals surface area contributed by atoms with Crippen molar-refractivity contribution in [1.82, 2.24) is 10.2 Å². The average molecular weight is 205 g/mol. The number of hydrogen-bond acceptors (Lipinski definition) is 4. The lowest BCUT2D eigenvalue weighted by Crippen LogP contribution is -1.95. The third kappa shape index (κ3) is 1.91. The summed E-state index contributed by atoms with van der Waals surface area (Å²) >= 11 is 2.97. The Morgan fingerprint density at radius 2 is 2.40 bits per heavy atom. The van der Waals surface area contributed by atoms with Crippen LogP contribution in [0.3, 0.4) is 0 Å². The summed E-state index contributed by atoms with van der Waals surface area (Å²) < 4.78 is 4.87. The van der Waals surface area contributed by atoms with Crippen molar-refractivity contribution in [2.45, 2.75) is 13.3 Å². The maximum atomic E-state index is 10.5. The molecule has 0 spiro atoms. The number of nitrogens with zero attached hydrogens (tertiary/aromatic N) is 2. The highest BCUT2D eigenvalue weighted by Crippen LogP contribution is 2.06. The molecule has 0 saturated carbocycles. The first kappa shape index (κ1) is 7.40. The molecule has 54 valence electrons. The van der Waals surface area contributed by atoms with Gasteiger partial charge in [0.15, 0.2) is 0 Å². The van der Waals surface area contributed by atoms with Crippen molar-refractivity contribution in [3.8, 4) is 0 Å². The van der Waals surface area contributed by atoms with Crippen molar-refractivity contribution < 1.29 is 9.21 Å². The van der Waals surface area contributed by atoms with Gasteiger partial charge in [-0.05, 0) is 6.92 Å². The van der Waals surface area contributed by atoms with Gasteiger partial charge in [-0.25, -0.2) is 0 Å². The maximum absolute atomic E-state index is 10.5. The van der Waals surface area contributed by atoms with E-state index in [1.54, 1.807) is 0 Å². The second-order valence-corrected chi connectivity index (χ2v) is 2.51. The second-order valence-electron chi connectivity index (χ2n) is 1.83. The van der Waals surface area contributed by atoms with Gasteiger partial charge in [0.1, 0.15) is 5.78 Å². The third-order valence-electron chi connectivity index (χ3n) is 0.842. The van der Waals surface area contributed by atoms with Crippen LogP contribution in [0.25, 0.3) is 0 Å². The fourth-order valence-corrected chi connectivity index (χ4v) is 0.784. The first-order valence-corrected chi connectivity index (χ1v) is 3.45. The Hall–Kier alpha value is -0.710. The summed E-state index contributed by atoms with van der Waals surface area (Å²) in [6.07, 6.45) is 0.207.